The molecule has 0 aliphatic heterocycles. The number of allylic oxidation sites excluding steroid dienone is 30. The fraction of sp³-hybridized carbons (Fsp3) is 0.588. The molecule has 0 aromatic heterocycles. The Bertz CT molecular complexity index is 2120. The van der Waals surface area contributed by atoms with Gasteiger partial charge in [0.05, 0.1) is 34.4 Å². The van der Waals surface area contributed by atoms with Crippen LogP contribution in [-0.4, -0.2) is 87.4 Å². The van der Waals surface area contributed by atoms with Crippen LogP contribution in [0.1, 0.15) is 245 Å². The maximum absolute atomic E-state index is 12.9. The molecular formula is C80H128NO8+. The zero-order chi connectivity index (χ0) is 64.7. The van der Waals surface area contributed by atoms with Crippen LogP contribution in [0.15, 0.2) is 182 Å². The van der Waals surface area contributed by atoms with Crippen molar-refractivity contribution in [2.75, 3.05) is 47.5 Å². The van der Waals surface area contributed by atoms with Gasteiger partial charge in [-0.05, 0) is 135 Å². The molecule has 0 aliphatic carbocycles. The zero-order valence-electron chi connectivity index (χ0n) is 57.0. The van der Waals surface area contributed by atoms with E-state index in [0.29, 0.717) is 17.4 Å². The van der Waals surface area contributed by atoms with Gasteiger partial charge in [0.1, 0.15) is 13.2 Å². The van der Waals surface area contributed by atoms with Gasteiger partial charge in [-0.2, -0.15) is 0 Å². The molecule has 0 spiro atoms. The van der Waals surface area contributed by atoms with Crippen LogP contribution in [0.5, 0.6) is 0 Å². The summed E-state index contributed by atoms with van der Waals surface area (Å²) in [6, 6.07) is 0. The summed E-state index contributed by atoms with van der Waals surface area (Å²) in [7, 11) is 5.96. The largest absolute Gasteiger partial charge is 0.477 e. The number of carbonyl (C=O) groups is 3. The van der Waals surface area contributed by atoms with E-state index in [9.17, 15) is 19.5 Å². The molecule has 2 unspecified atom stereocenters. The van der Waals surface area contributed by atoms with Gasteiger partial charge in [0.15, 0.2) is 6.10 Å². The van der Waals surface area contributed by atoms with Gasteiger partial charge in [0, 0.05) is 12.8 Å². The Kier molecular flexibility index (Phi) is 64.0. The molecule has 0 saturated carbocycles. The molecule has 0 fully saturated rings. The minimum absolute atomic E-state index is 0.175. The molecule has 0 rings (SSSR count). The molecule has 0 bridgehead atoms. The Morgan fingerprint density at radius 2 is 0.607 bits per heavy atom. The highest BCUT2D eigenvalue weighted by Gasteiger charge is 2.25. The summed E-state index contributed by atoms with van der Waals surface area (Å²) in [6.07, 6.45) is 101. The van der Waals surface area contributed by atoms with Crippen LogP contribution in [0.2, 0.25) is 0 Å². The Morgan fingerprint density at radius 3 is 0.899 bits per heavy atom. The summed E-state index contributed by atoms with van der Waals surface area (Å²) in [4.78, 5) is 37.6. The van der Waals surface area contributed by atoms with E-state index < -0.39 is 24.3 Å². The number of rotatable bonds is 62. The number of carbonyl (C=O) groups excluding carboxylic acids is 2. The number of quaternary nitrogens is 1. The minimum atomic E-state index is -1.53. The minimum Gasteiger partial charge on any atom is -0.477 e. The molecule has 9 nitrogen and oxygen atoms in total. The van der Waals surface area contributed by atoms with E-state index in [-0.39, 0.29) is 38.6 Å². The van der Waals surface area contributed by atoms with Crippen LogP contribution in [-0.2, 0) is 33.3 Å². The molecule has 500 valence electrons. The highest BCUT2D eigenvalue weighted by Crippen LogP contribution is 2.15. The van der Waals surface area contributed by atoms with E-state index in [2.05, 4.69) is 196 Å². The van der Waals surface area contributed by atoms with E-state index in [1.165, 1.54) is 57.8 Å². The van der Waals surface area contributed by atoms with Crippen LogP contribution >= 0.6 is 0 Å². The predicted molar refractivity (Wildman–Crippen MR) is 382 cm³/mol. The van der Waals surface area contributed by atoms with Gasteiger partial charge < -0.3 is 28.5 Å². The topological polar surface area (TPSA) is 108 Å². The highest BCUT2D eigenvalue weighted by atomic mass is 16.7. The summed E-state index contributed by atoms with van der Waals surface area (Å²) in [5.41, 5.74) is 0. The van der Waals surface area contributed by atoms with E-state index >= 15 is 0 Å². The second kappa shape index (κ2) is 68.3. The van der Waals surface area contributed by atoms with Crippen molar-refractivity contribution in [2.24, 2.45) is 0 Å². The molecular weight excluding hydrogens is 1100 g/mol. The number of aliphatic carboxylic acids is 1. The molecule has 0 aromatic carbocycles. The summed E-state index contributed by atoms with van der Waals surface area (Å²) in [6.45, 7) is 4.61. The van der Waals surface area contributed by atoms with Gasteiger partial charge >= 0.3 is 17.9 Å². The van der Waals surface area contributed by atoms with Crippen molar-refractivity contribution in [2.45, 2.75) is 257 Å². The second-order valence-electron chi connectivity index (χ2n) is 23.7. The number of ether oxygens (including phenoxy) is 4. The summed E-state index contributed by atoms with van der Waals surface area (Å²) in [5.74, 6) is -2.04. The SMILES string of the molecule is CC/C=C\C/C=C\C/C=C\C/C=C\C/C=C\C/C=C\C/C=C\C/C=C\C/C=C\C/C=C\CCCCCCCCCCC(=O)OC(COC(=O)CCCCCCCCCCC/C=C\C/C=C\C/C=C\C/C=C\C/C=C\CC)COC(OCC[N+](C)(C)C)C(=O)O. The third kappa shape index (κ3) is 69.7. The molecule has 0 aliphatic rings. The lowest BCUT2D eigenvalue weighted by Crippen LogP contribution is -2.40. The number of likely N-dealkylation sites (N-methyl/N-ethyl adjacent to an activating group) is 1. The first-order valence-electron chi connectivity index (χ1n) is 34.9. The molecule has 0 radical (unpaired) electrons. The van der Waals surface area contributed by atoms with Crippen LogP contribution in [0, 0.1) is 0 Å². The average molecular weight is 1230 g/mol. The van der Waals surface area contributed by atoms with Crippen molar-refractivity contribution in [3.63, 3.8) is 0 Å². The van der Waals surface area contributed by atoms with Gasteiger partial charge in [0.2, 0.25) is 0 Å². The zero-order valence-corrected chi connectivity index (χ0v) is 57.0. The maximum Gasteiger partial charge on any atom is 0.361 e. The third-order valence-electron chi connectivity index (χ3n) is 14.2. The van der Waals surface area contributed by atoms with Gasteiger partial charge in [-0.25, -0.2) is 4.79 Å². The lowest BCUT2D eigenvalue weighted by Gasteiger charge is -2.25. The normalized spacial score (nSPS) is 13.9. The van der Waals surface area contributed by atoms with Crippen LogP contribution in [0.4, 0.5) is 0 Å². The molecule has 1 N–H and O–H groups in total. The standard InChI is InChI=1S/C80H127NO8/c1-6-8-10-12-14-16-18-20-22-24-26-28-30-32-33-34-35-36-37-38-39-40-41-42-43-44-45-47-49-51-53-55-57-59-61-63-65-67-69-71-78(83)89-76(75-88-80(79(84)85)86-73-72-81(3,4)5)74-87-77(82)70-68-66-64-62-60-58-56-54-52-50-48-46-31-29-27-25-23-21-19-17-15-13-11-9-7-2/h8-11,14-17,20-23,26-29,32-33,35-36,38-39,41-42,44-46,48-49,51,76,80H,6-7,12-13,18-19,24-25,30-31,34,37,40,43,47,50,52-75H2,1-5H3/p+1/b10-8-,11-9-,16-14-,17-15-,22-20-,23-21-,28-26-,29-27-,33-32-,36-35-,39-38-,42-41-,45-44-,48-46-,51-49-. The van der Waals surface area contributed by atoms with E-state index in [1.807, 2.05) is 21.1 Å². The number of hydrogen-bond acceptors (Lipinski definition) is 7. The number of carboxylic acids is 1. The van der Waals surface area contributed by atoms with Crippen molar-refractivity contribution in [3.05, 3.63) is 182 Å². The first-order valence-corrected chi connectivity index (χ1v) is 34.9. The third-order valence-corrected chi connectivity index (χ3v) is 14.2. The second-order valence-corrected chi connectivity index (χ2v) is 23.7. The monoisotopic (exact) mass is 1230 g/mol. The summed E-state index contributed by atoms with van der Waals surface area (Å²) >= 11 is 0. The average Bonchev–Trinajstić information content (AvgIpc) is 3.64. The van der Waals surface area contributed by atoms with Crippen molar-refractivity contribution >= 4 is 17.9 Å². The lowest BCUT2D eigenvalue weighted by molar-refractivity contribution is -0.870. The summed E-state index contributed by atoms with van der Waals surface area (Å²) < 4.78 is 22.9. The Labute approximate surface area is 545 Å². The first kappa shape index (κ1) is 83.4. The Hall–Kier alpha value is -5.61. The molecule has 0 heterocycles. The van der Waals surface area contributed by atoms with E-state index in [4.69, 9.17) is 18.9 Å². The first-order chi connectivity index (χ1) is 43.6. The van der Waals surface area contributed by atoms with Crippen molar-refractivity contribution in [1.29, 1.82) is 0 Å². The van der Waals surface area contributed by atoms with Crippen LogP contribution in [0.25, 0.3) is 0 Å². The molecule has 0 aromatic rings. The van der Waals surface area contributed by atoms with Crippen LogP contribution in [0.3, 0.4) is 0 Å². The molecule has 0 amide bonds. The molecule has 0 saturated heterocycles. The molecule has 2 atom stereocenters. The molecule has 89 heavy (non-hydrogen) atoms. The number of unbranched alkanes of at least 4 members (excludes halogenated alkanes) is 17. The molecule has 9 heteroatoms. The highest BCUT2D eigenvalue weighted by molar-refractivity contribution is 5.71. The number of nitrogens with zero attached hydrogens (tertiary/aromatic N) is 1. The Balaban J connectivity index is 4.22. The van der Waals surface area contributed by atoms with Gasteiger partial charge in [-0.15, -0.1) is 0 Å². The van der Waals surface area contributed by atoms with Gasteiger partial charge in [-0.3, -0.25) is 9.59 Å². The number of esters is 2. The van der Waals surface area contributed by atoms with E-state index in [1.54, 1.807) is 0 Å². The fourth-order valence-corrected chi connectivity index (χ4v) is 8.89. The fourth-order valence-electron chi connectivity index (χ4n) is 8.89. The van der Waals surface area contributed by atoms with Gasteiger partial charge in [-0.1, -0.05) is 280 Å². The predicted octanol–water partition coefficient (Wildman–Crippen LogP) is 22.0. The number of hydrogen-bond donors (Lipinski definition) is 1. The van der Waals surface area contributed by atoms with Crippen LogP contribution < -0.4 is 0 Å². The van der Waals surface area contributed by atoms with E-state index in [0.717, 1.165) is 154 Å². The number of carboxylic acid groups (broad SMARTS) is 1. The maximum atomic E-state index is 12.9. The lowest BCUT2D eigenvalue weighted by atomic mass is 10.1. The smallest absolute Gasteiger partial charge is 0.361 e. The van der Waals surface area contributed by atoms with Crippen molar-refractivity contribution < 1.29 is 42.9 Å². The summed E-state index contributed by atoms with van der Waals surface area (Å²) in [5, 5.41) is 9.75. The van der Waals surface area contributed by atoms with Crippen molar-refractivity contribution in [3.8, 4) is 0 Å². The quantitative estimate of drug-likeness (QED) is 0.0211. The Morgan fingerprint density at radius 1 is 0.337 bits per heavy atom. The van der Waals surface area contributed by atoms with Crippen molar-refractivity contribution in [1.82, 2.24) is 0 Å². The van der Waals surface area contributed by atoms with Gasteiger partial charge in [0.25, 0.3) is 6.29 Å².